The molecule has 0 aromatic carbocycles. The second-order valence-electron chi connectivity index (χ2n) is 5.81. The molecule has 0 aliphatic heterocycles. The highest BCUT2D eigenvalue weighted by Crippen LogP contribution is 2.32. The quantitative estimate of drug-likeness (QED) is 0.518. The van der Waals surface area contributed by atoms with Gasteiger partial charge in [-0.2, -0.15) is 18.3 Å². The summed E-state index contributed by atoms with van der Waals surface area (Å²) in [6.07, 6.45) is 1.53. The number of halogens is 4. The molecule has 0 N–H and O–H groups in total. The van der Waals surface area contributed by atoms with E-state index in [0.29, 0.717) is 22.2 Å². The van der Waals surface area contributed by atoms with Gasteiger partial charge in [-0.15, -0.1) is 10.2 Å². The molecule has 0 saturated heterocycles. The Morgan fingerprint density at radius 1 is 1.04 bits per heavy atom. The van der Waals surface area contributed by atoms with Gasteiger partial charge in [0.2, 0.25) is 0 Å². The number of rotatable bonds is 3. The van der Waals surface area contributed by atoms with Crippen LogP contribution < -0.4 is 0 Å². The molecule has 0 radical (unpaired) electrons. The van der Waals surface area contributed by atoms with Gasteiger partial charge in [-0.3, -0.25) is 4.98 Å². The molecule has 0 fully saturated rings. The fourth-order valence-corrected chi connectivity index (χ4v) is 2.87. The zero-order valence-electron chi connectivity index (χ0n) is 14.3. The molecule has 0 saturated carbocycles. The second kappa shape index (κ2) is 6.71. The molecule has 4 aromatic rings. The largest absolute Gasteiger partial charge is 0.416 e. The van der Waals surface area contributed by atoms with Crippen LogP contribution in [0.4, 0.5) is 13.2 Å². The molecule has 0 unspecified atom stereocenters. The van der Waals surface area contributed by atoms with E-state index in [4.69, 9.17) is 11.6 Å². The van der Waals surface area contributed by atoms with Gasteiger partial charge in [-0.1, -0.05) is 11.6 Å². The molecule has 0 aliphatic carbocycles. The Kier molecular flexibility index (Phi) is 4.34. The molecule has 4 rings (SSSR count). The average Bonchev–Trinajstić information content (AvgIpc) is 3.31. The number of hydrogen-bond donors (Lipinski definition) is 0. The maximum absolute atomic E-state index is 13.0. The van der Waals surface area contributed by atoms with Crippen molar-refractivity contribution in [1.29, 1.82) is 0 Å². The van der Waals surface area contributed by atoms with Gasteiger partial charge in [0, 0.05) is 25.6 Å². The number of alkyl halides is 3. The Labute approximate surface area is 161 Å². The topological polar surface area (TPSA) is 74.3 Å². The average molecular weight is 406 g/mol. The third kappa shape index (κ3) is 3.22. The van der Waals surface area contributed by atoms with E-state index in [1.807, 2.05) is 0 Å². The van der Waals surface area contributed by atoms with E-state index < -0.39 is 11.7 Å². The van der Waals surface area contributed by atoms with Gasteiger partial charge in [-0.25, -0.2) is 9.67 Å². The maximum atomic E-state index is 13.0. The minimum Gasteiger partial charge on any atom is -0.307 e. The SMILES string of the molecule is Cn1c(-c2cc(C(F)(F)F)ccn2)nnc1-c1ncc(-n2cccn2)cc1Cl. The fourth-order valence-electron chi connectivity index (χ4n) is 2.63. The molecule has 7 nitrogen and oxygen atoms in total. The lowest BCUT2D eigenvalue weighted by molar-refractivity contribution is -0.137. The van der Waals surface area contributed by atoms with Crippen molar-refractivity contribution in [2.24, 2.45) is 7.05 Å². The predicted molar refractivity (Wildman–Crippen MR) is 94.6 cm³/mol. The van der Waals surface area contributed by atoms with Crippen molar-refractivity contribution in [3.8, 4) is 28.7 Å². The summed E-state index contributed by atoms with van der Waals surface area (Å²) >= 11 is 6.34. The van der Waals surface area contributed by atoms with Gasteiger partial charge < -0.3 is 4.57 Å². The molecule has 4 aromatic heterocycles. The summed E-state index contributed by atoms with van der Waals surface area (Å²) in [5, 5.41) is 12.4. The van der Waals surface area contributed by atoms with Crippen molar-refractivity contribution in [2.45, 2.75) is 6.18 Å². The van der Waals surface area contributed by atoms with E-state index in [2.05, 4.69) is 25.3 Å². The predicted octanol–water partition coefficient (Wildman–Crippen LogP) is 3.80. The van der Waals surface area contributed by atoms with Crippen LogP contribution in [-0.2, 0) is 13.2 Å². The van der Waals surface area contributed by atoms with Crippen LogP contribution in [-0.4, -0.2) is 34.5 Å². The van der Waals surface area contributed by atoms with Crippen LogP contribution in [0, 0.1) is 0 Å². The van der Waals surface area contributed by atoms with Crippen molar-refractivity contribution in [3.05, 3.63) is 59.6 Å². The van der Waals surface area contributed by atoms with Gasteiger partial charge in [0.15, 0.2) is 11.6 Å². The Balaban J connectivity index is 1.74. The zero-order chi connectivity index (χ0) is 19.9. The molecule has 4 heterocycles. The maximum Gasteiger partial charge on any atom is 0.416 e. The summed E-state index contributed by atoms with van der Waals surface area (Å²) in [4.78, 5) is 8.29. The van der Waals surface area contributed by atoms with E-state index in [1.165, 1.54) is 4.57 Å². The first-order chi connectivity index (χ1) is 13.3. The van der Waals surface area contributed by atoms with Crippen molar-refractivity contribution >= 4 is 11.6 Å². The first-order valence-electron chi connectivity index (χ1n) is 7.93. The van der Waals surface area contributed by atoms with Crippen molar-refractivity contribution < 1.29 is 13.2 Å². The fraction of sp³-hybridized carbons (Fsp3) is 0.118. The summed E-state index contributed by atoms with van der Waals surface area (Å²) < 4.78 is 42.0. The molecule has 28 heavy (non-hydrogen) atoms. The first kappa shape index (κ1) is 18.1. The zero-order valence-corrected chi connectivity index (χ0v) is 15.0. The summed E-state index contributed by atoms with van der Waals surface area (Å²) in [5.74, 6) is 0.460. The van der Waals surface area contributed by atoms with Crippen LogP contribution in [0.3, 0.4) is 0 Å². The summed E-state index contributed by atoms with van der Waals surface area (Å²) in [7, 11) is 1.60. The van der Waals surface area contributed by atoms with Gasteiger partial charge in [-0.05, 0) is 24.3 Å². The molecular formula is C17H11ClF3N7. The number of pyridine rings is 2. The van der Waals surface area contributed by atoms with Gasteiger partial charge in [0.05, 0.1) is 22.5 Å². The highest BCUT2D eigenvalue weighted by molar-refractivity contribution is 6.33. The molecular weight excluding hydrogens is 395 g/mol. The molecule has 0 bridgehead atoms. The third-order valence-corrected chi connectivity index (χ3v) is 4.29. The van der Waals surface area contributed by atoms with Crippen molar-refractivity contribution in [3.63, 3.8) is 0 Å². The van der Waals surface area contributed by atoms with Gasteiger partial charge >= 0.3 is 6.18 Å². The molecule has 0 amide bonds. The summed E-state index contributed by atoms with van der Waals surface area (Å²) in [6, 6.07) is 5.24. The smallest absolute Gasteiger partial charge is 0.307 e. The Bertz CT molecular complexity index is 1140. The summed E-state index contributed by atoms with van der Waals surface area (Å²) in [6.45, 7) is 0. The van der Waals surface area contributed by atoms with E-state index in [9.17, 15) is 13.2 Å². The third-order valence-electron chi connectivity index (χ3n) is 4.00. The van der Waals surface area contributed by atoms with Gasteiger partial charge in [0.1, 0.15) is 11.4 Å². The molecule has 0 atom stereocenters. The van der Waals surface area contributed by atoms with E-state index >= 15 is 0 Å². The van der Waals surface area contributed by atoms with E-state index in [1.54, 1.807) is 42.5 Å². The number of aromatic nitrogens is 7. The van der Waals surface area contributed by atoms with Crippen LogP contribution in [0.25, 0.3) is 28.7 Å². The van der Waals surface area contributed by atoms with Crippen LogP contribution in [0.2, 0.25) is 5.02 Å². The Morgan fingerprint density at radius 2 is 1.82 bits per heavy atom. The molecule has 0 spiro atoms. The monoisotopic (exact) mass is 405 g/mol. The lowest BCUT2D eigenvalue weighted by atomic mass is 10.2. The normalized spacial score (nSPS) is 11.8. The Morgan fingerprint density at radius 3 is 2.50 bits per heavy atom. The lowest BCUT2D eigenvalue weighted by Gasteiger charge is -2.09. The number of nitrogens with zero attached hydrogens (tertiary/aromatic N) is 7. The Hall–Kier alpha value is -3.27. The summed E-state index contributed by atoms with van der Waals surface area (Å²) in [5.41, 5.74) is 0.216. The highest BCUT2D eigenvalue weighted by atomic mass is 35.5. The first-order valence-corrected chi connectivity index (χ1v) is 8.31. The minimum atomic E-state index is -4.48. The minimum absolute atomic E-state index is 0.0420. The highest BCUT2D eigenvalue weighted by Gasteiger charge is 2.31. The van der Waals surface area contributed by atoms with E-state index in [0.717, 1.165) is 18.3 Å². The molecule has 142 valence electrons. The molecule has 11 heteroatoms. The second-order valence-corrected chi connectivity index (χ2v) is 6.22. The number of hydrogen-bond acceptors (Lipinski definition) is 5. The van der Waals surface area contributed by atoms with Crippen molar-refractivity contribution in [1.82, 2.24) is 34.5 Å². The lowest BCUT2D eigenvalue weighted by Crippen LogP contribution is -2.06. The van der Waals surface area contributed by atoms with Gasteiger partial charge in [0.25, 0.3) is 0 Å². The van der Waals surface area contributed by atoms with Crippen molar-refractivity contribution in [2.75, 3.05) is 0 Å². The molecule has 0 aliphatic rings. The van der Waals surface area contributed by atoms with Crippen LogP contribution >= 0.6 is 11.6 Å². The van der Waals surface area contributed by atoms with Crippen LogP contribution in [0.5, 0.6) is 0 Å². The standard InChI is InChI=1S/C17H11ClF3N7/c1-27-15(13-7-10(3-5-22-13)17(19,20)21)25-26-16(27)14-12(18)8-11(9-23-14)28-6-2-4-24-28/h2-9H,1H3. The van der Waals surface area contributed by atoms with Crippen LogP contribution in [0.15, 0.2) is 49.1 Å². The van der Waals surface area contributed by atoms with Crippen LogP contribution in [0.1, 0.15) is 5.56 Å². The van der Waals surface area contributed by atoms with E-state index in [-0.39, 0.29) is 11.5 Å².